The SMILES string of the molecule is O=C1[C@@H]2CCCN2[C@@H](c2ccc(Cl)c(Cl)c2)N1c1ccc(Cl)c(Cl)c1. The minimum absolute atomic E-state index is 0.0759. The third kappa shape index (κ3) is 2.92. The Morgan fingerprint density at radius 1 is 0.880 bits per heavy atom. The van der Waals surface area contributed by atoms with Gasteiger partial charge in [-0.25, -0.2) is 0 Å². The molecule has 1 amide bonds. The van der Waals surface area contributed by atoms with Gasteiger partial charge in [0.25, 0.3) is 0 Å². The van der Waals surface area contributed by atoms with Crippen LogP contribution in [0, 0.1) is 0 Å². The normalized spacial score (nSPS) is 23.4. The molecule has 2 aromatic carbocycles. The molecule has 4 rings (SSSR count). The van der Waals surface area contributed by atoms with Crippen molar-refractivity contribution in [3.63, 3.8) is 0 Å². The van der Waals surface area contributed by atoms with E-state index in [-0.39, 0.29) is 18.1 Å². The third-order valence-corrected chi connectivity index (χ3v) is 6.28. The zero-order chi connectivity index (χ0) is 17.7. The van der Waals surface area contributed by atoms with Crippen molar-refractivity contribution >= 4 is 58.0 Å². The molecule has 2 fully saturated rings. The van der Waals surface area contributed by atoms with Gasteiger partial charge in [0.1, 0.15) is 6.17 Å². The molecule has 25 heavy (non-hydrogen) atoms. The first-order valence-electron chi connectivity index (χ1n) is 7.96. The van der Waals surface area contributed by atoms with E-state index >= 15 is 0 Å². The minimum Gasteiger partial charge on any atom is -0.290 e. The maximum absolute atomic E-state index is 13.1. The summed E-state index contributed by atoms with van der Waals surface area (Å²) in [5.74, 6) is 0.0759. The van der Waals surface area contributed by atoms with Crippen molar-refractivity contribution in [2.24, 2.45) is 0 Å². The van der Waals surface area contributed by atoms with Crippen LogP contribution in [0.5, 0.6) is 0 Å². The molecule has 2 saturated heterocycles. The predicted octanol–water partition coefficient (Wildman–Crippen LogP) is 5.81. The van der Waals surface area contributed by atoms with Crippen LogP contribution in [0.3, 0.4) is 0 Å². The summed E-state index contributed by atoms with van der Waals surface area (Å²) in [6, 6.07) is 10.6. The van der Waals surface area contributed by atoms with Crippen molar-refractivity contribution in [1.29, 1.82) is 0 Å². The maximum Gasteiger partial charge on any atom is 0.246 e. The predicted molar refractivity (Wildman–Crippen MR) is 103 cm³/mol. The Labute approximate surface area is 166 Å². The quantitative estimate of drug-likeness (QED) is 0.617. The van der Waals surface area contributed by atoms with Crippen molar-refractivity contribution in [2.75, 3.05) is 11.4 Å². The summed E-state index contributed by atoms with van der Waals surface area (Å²) < 4.78 is 0. The van der Waals surface area contributed by atoms with E-state index in [1.807, 2.05) is 18.2 Å². The van der Waals surface area contributed by atoms with Gasteiger partial charge in [0.2, 0.25) is 5.91 Å². The van der Waals surface area contributed by atoms with Crippen molar-refractivity contribution < 1.29 is 4.79 Å². The highest BCUT2D eigenvalue weighted by Crippen LogP contribution is 2.44. The van der Waals surface area contributed by atoms with Gasteiger partial charge in [0.05, 0.1) is 26.1 Å². The summed E-state index contributed by atoms with van der Waals surface area (Å²) in [6.07, 6.45) is 1.63. The second-order valence-electron chi connectivity index (χ2n) is 6.25. The number of nitrogens with zero attached hydrogens (tertiary/aromatic N) is 2. The van der Waals surface area contributed by atoms with Gasteiger partial charge in [-0.2, -0.15) is 0 Å². The molecule has 0 aromatic heterocycles. The molecule has 0 spiro atoms. The topological polar surface area (TPSA) is 23.6 Å². The van der Waals surface area contributed by atoms with E-state index < -0.39 is 0 Å². The fourth-order valence-corrected chi connectivity index (χ4v) is 4.29. The van der Waals surface area contributed by atoms with Gasteiger partial charge in [-0.1, -0.05) is 52.5 Å². The number of amides is 1. The fourth-order valence-electron chi connectivity index (χ4n) is 3.69. The largest absolute Gasteiger partial charge is 0.290 e. The van der Waals surface area contributed by atoms with Gasteiger partial charge in [-0.05, 0) is 48.7 Å². The molecular weight excluding hydrogens is 402 g/mol. The number of halogens is 4. The van der Waals surface area contributed by atoms with Crippen LogP contribution in [-0.4, -0.2) is 23.4 Å². The molecule has 2 aliphatic heterocycles. The molecule has 0 saturated carbocycles. The van der Waals surface area contributed by atoms with Crippen LogP contribution < -0.4 is 4.90 Å². The lowest BCUT2D eigenvalue weighted by Crippen LogP contribution is -2.32. The number of benzene rings is 2. The first-order valence-corrected chi connectivity index (χ1v) is 9.47. The molecule has 2 heterocycles. The van der Waals surface area contributed by atoms with Crippen molar-refractivity contribution in [1.82, 2.24) is 4.90 Å². The van der Waals surface area contributed by atoms with Crippen LogP contribution in [0.2, 0.25) is 20.1 Å². The number of hydrogen-bond acceptors (Lipinski definition) is 2. The van der Waals surface area contributed by atoms with E-state index in [1.165, 1.54) is 0 Å². The van der Waals surface area contributed by atoms with Crippen LogP contribution in [0.15, 0.2) is 36.4 Å². The molecule has 0 radical (unpaired) electrons. The molecule has 7 heteroatoms. The molecule has 0 aliphatic carbocycles. The molecule has 2 aliphatic rings. The first kappa shape index (κ1) is 17.4. The maximum atomic E-state index is 13.1. The van der Waals surface area contributed by atoms with E-state index in [0.717, 1.165) is 30.6 Å². The fraction of sp³-hybridized carbons (Fsp3) is 0.278. The van der Waals surface area contributed by atoms with Crippen molar-refractivity contribution in [3.05, 3.63) is 62.1 Å². The van der Waals surface area contributed by atoms with Gasteiger partial charge in [0.15, 0.2) is 0 Å². The van der Waals surface area contributed by atoms with Crippen LogP contribution >= 0.6 is 46.4 Å². The Hall–Kier alpha value is -0.970. The molecule has 0 N–H and O–H groups in total. The Bertz CT molecular complexity index is 857. The zero-order valence-corrected chi connectivity index (χ0v) is 16.1. The van der Waals surface area contributed by atoms with Crippen LogP contribution in [0.25, 0.3) is 0 Å². The van der Waals surface area contributed by atoms with Crippen LogP contribution in [0.1, 0.15) is 24.6 Å². The minimum atomic E-state index is -0.230. The number of fused-ring (bicyclic) bond motifs is 1. The second-order valence-corrected chi connectivity index (χ2v) is 7.88. The van der Waals surface area contributed by atoms with Gasteiger partial charge in [-0.15, -0.1) is 0 Å². The van der Waals surface area contributed by atoms with E-state index in [4.69, 9.17) is 46.4 Å². The van der Waals surface area contributed by atoms with Gasteiger partial charge in [0, 0.05) is 12.2 Å². The molecule has 2 atom stereocenters. The van der Waals surface area contributed by atoms with E-state index in [9.17, 15) is 4.79 Å². The summed E-state index contributed by atoms with van der Waals surface area (Å²) >= 11 is 24.5. The standard InChI is InChI=1S/C18H14Cl4N2O/c19-12-5-3-10(8-14(12)21)17-23-7-1-2-16(23)18(25)24(17)11-4-6-13(20)15(22)9-11/h3-6,8-9,16-17H,1-2,7H2/t16-,17+/m0/s1. The highest BCUT2D eigenvalue weighted by Gasteiger charge is 2.49. The van der Waals surface area contributed by atoms with E-state index in [2.05, 4.69) is 4.90 Å². The molecule has 0 unspecified atom stereocenters. The van der Waals surface area contributed by atoms with Gasteiger partial charge < -0.3 is 0 Å². The zero-order valence-electron chi connectivity index (χ0n) is 13.1. The number of hydrogen-bond donors (Lipinski definition) is 0. The van der Waals surface area contributed by atoms with Crippen molar-refractivity contribution in [3.8, 4) is 0 Å². The summed E-state index contributed by atoms with van der Waals surface area (Å²) in [7, 11) is 0. The van der Waals surface area contributed by atoms with Crippen LogP contribution in [-0.2, 0) is 4.79 Å². The average Bonchev–Trinajstić information content (AvgIpc) is 3.15. The third-order valence-electron chi connectivity index (χ3n) is 4.80. The Kier molecular flexibility index (Phi) is 4.63. The average molecular weight is 416 g/mol. The summed E-state index contributed by atoms with van der Waals surface area (Å²) in [4.78, 5) is 17.1. The monoisotopic (exact) mass is 414 g/mol. The number of anilines is 1. The van der Waals surface area contributed by atoms with Crippen molar-refractivity contribution in [2.45, 2.75) is 25.0 Å². The second kappa shape index (κ2) is 6.64. The molecule has 0 bridgehead atoms. The summed E-state index contributed by atoms with van der Waals surface area (Å²) in [5.41, 5.74) is 1.66. The lowest BCUT2D eigenvalue weighted by Gasteiger charge is -2.30. The molecule has 3 nitrogen and oxygen atoms in total. The Balaban J connectivity index is 1.83. The van der Waals surface area contributed by atoms with E-state index in [0.29, 0.717) is 20.1 Å². The highest BCUT2D eigenvalue weighted by atomic mass is 35.5. The Morgan fingerprint density at radius 2 is 1.56 bits per heavy atom. The lowest BCUT2D eigenvalue weighted by molar-refractivity contribution is -0.119. The molecular formula is C18H14Cl4N2O. The smallest absolute Gasteiger partial charge is 0.246 e. The van der Waals surface area contributed by atoms with Gasteiger partial charge in [-0.3, -0.25) is 14.6 Å². The highest BCUT2D eigenvalue weighted by molar-refractivity contribution is 6.42. The molecule has 130 valence electrons. The van der Waals surface area contributed by atoms with Gasteiger partial charge >= 0.3 is 0 Å². The number of rotatable bonds is 2. The lowest BCUT2D eigenvalue weighted by atomic mass is 10.1. The number of carbonyl (C=O) groups is 1. The summed E-state index contributed by atoms with van der Waals surface area (Å²) in [5, 5.41) is 1.85. The molecule has 2 aromatic rings. The first-order chi connectivity index (χ1) is 12.0. The number of carbonyl (C=O) groups excluding carboxylic acids is 1. The summed E-state index contributed by atoms with van der Waals surface area (Å²) in [6.45, 7) is 0.860. The van der Waals surface area contributed by atoms with E-state index in [1.54, 1.807) is 23.1 Å². The Morgan fingerprint density at radius 3 is 2.24 bits per heavy atom. The van der Waals surface area contributed by atoms with Crippen LogP contribution in [0.4, 0.5) is 5.69 Å².